The van der Waals surface area contributed by atoms with E-state index in [1.807, 2.05) is 62.4 Å². The summed E-state index contributed by atoms with van der Waals surface area (Å²) >= 11 is 0. The summed E-state index contributed by atoms with van der Waals surface area (Å²) in [4.78, 5) is 12.9. The van der Waals surface area contributed by atoms with Crippen molar-refractivity contribution in [2.24, 2.45) is 0 Å². The number of carbonyl (C=O) groups excluding carboxylic acids is 1. The lowest BCUT2D eigenvalue weighted by Crippen LogP contribution is -2.38. The Morgan fingerprint density at radius 3 is 2.11 bits per heavy atom. The van der Waals surface area contributed by atoms with Crippen molar-refractivity contribution in [2.75, 3.05) is 20.3 Å². The lowest BCUT2D eigenvalue weighted by molar-refractivity contribution is -0.137. The number of benzene rings is 3. The van der Waals surface area contributed by atoms with E-state index in [0.29, 0.717) is 37.6 Å². The molecule has 1 unspecified atom stereocenters. The second kappa shape index (κ2) is 13.1. The number of alkyl halides is 3. The number of carbonyl (C=O) groups is 1. The fraction of sp³-hybridized carbons (Fsp3) is 0.345. The molecule has 2 N–H and O–H groups in total. The van der Waals surface area contributed by atoms with E-state index in [1.165, 1.54) is 12.1 Å². The van der Waals surface area contributed by atoms with Gasteiger partial charge in [0, 0.05) is 13.1 Å². The van der Waals surface area contributed by atoms with Gasteiger partial charge in [0.25, 0.3) is 0 Å². The predicted octanol–water partition coefficient (Wildman–Crippen LogP) is 6.25. The van der Waals surface area contributed by atoms with E-state index in [0.717, 1.165) is 28.8 Å². The quantitative estimate of drug-likeness (QED) is 0.300. The molecule has 0 aliphatic rings. The van der Waals surface area contributed by atoms with Gasteiger partial charge in [-0.05, 0) is 67.6 Å². The lowest BCUT2D eigenvalue weighted by Gasteiger charge is -2.26. The van der Waals surface area contributed by atoms with Crippen molar-refractivity contribution >= 4 is 5.91 Å². The molecular weight excluding hydrogens is 481 g/mol. The number of hydrogen-bond acceptors (Lipinski definition) is 4. The summed E-state index contributed by atoms with van der Waals surface area (Å²) in [5, 5.41) is 6.20. The predicted molar refractivity (Wildman–Crippen MR) is 138 cm³/mol. The summed E-state index contributed by atoms with van der Waals surface area (Å²) in [6.07, 6.45) is -3.34. The summed E-state index contributed by atoms with van der Waals surface area (Å²) in [6, 6.07) is 19.3. The Morgan fingerprint density at radius 2 is 1.51 bits per heavy atom. The third-order valence-electron chi connectivity index (χ3n) is 5.98. The molecule has 198 valence electrons. The Morgan fingerprint density at radius 1 is 0.865 bits per heavy atom. The third kappa shape index (κ3) is 7.73. The number of ether oxygens (including phenoxy) is 2. The van der Waals surface area contributed by atoms with Crippen molar-refractivity contribution in [1.29, 1.82) is 0 Å². The highest BCUT2D eigenvalue weighted by atomic mass is 19.4. The first-order chi connectivity index (χ1) is 17.8. The highest BCUT2D eigenvalue weighted by Gasteiger charge is 2.30. The Kier molecular flexibility index (Phi) is 9.97. The van der Waals surface area contributed by atoms with Gasteiger partial charge in [0.15, 0.2) is 11.5 Å². The molecule has 0 aromatic heterocycles. The summed E-state index contributed by atoms with van der Waals surface area (Å²) in [6.45, 7) is 4.73. The molecule has 0 radical (unpaired) electrons. The lowest BCUT2D eigenvalue weighted by atomic mass is 9.95. The van der Waals surface area contributed by atoms with E-state index in [2.05, 4.69) is 10.6 Å². The van der Waals surface area contributed by atoms with E-state index < -0.39 is 17.8 Å². The Balaban J connectivity index is 1.93. The van der Waals surface area contributed by atoms with Gasteiger partial charge >= 0.3 is 6.18 Å². The first kappa shape index (κ1) is 28.1. The minimum atomic E-state index is -4.38. The van der Waals surface area contributed by atoms with E-state index >= 15 is 0 Å². The number of hydrogen-bond donors (Lipinski definition) is 2. The van der Waals surface area contributed by atoms with Crippen LogP contribution in [-0.2, 0) is 17.4 Å². The Bertz CT molecular complexity index is 1140. The molecule has 0 bridgehead atoms. The maximum atomic E-state index is 13.0. The zero-order valence-corrected chi connectivity index (χ0v) is 21.3. The standard InChI is InChI=1S/C29H33F3N2O3/c1-4-36-25-18-14-22(19-26(25)37-5-2)24(17-13-20-11-15-23(16-12-20)29(30,31)32)34-27(28(35)33-3)21-9-7-6-8-10-21/h6-12,14-16,18-19,24,27,34H,4-5,13,17H2,1-3H3,(H,33,35)/t24-,27?/m0/s1. The molecule has 0 saturated carbocycles. The largest absolute Gasteiger partial charge is 0.490 e. The molecule has 0 heterocycles. The number of amides is 1. The van der Waals surface area contributed by atoms with Gasteiger partial charge in [-0.15, -0.1) is 0 Å². The molecule has 8 heteroatoms. The van der Waals surface area contributed by atoms with Crippen LogP contribution in [-0.4, -0.2) is 26.2 Å². The molecule has 5 nitrogen and oxygen atoms in total. The van der Waals surface area contributed by atoms with Crippen LogP contribution in [0.2, 0.25) is 0 Å². The fourth-order valence-corrected chi connectivity index (χ4v) is 4.12. The van der Waals surface area contributed by atoms with Gasteiger partial charge in [-0.1, -0.05) is 48.5 Å². The SMILES string of the molecule is CCOc1ccc([C@H](CCc2ccc(C(F)(F)F)cc2)NC(C(=O)NC)c2ccccc2)cc1OCC. The molecule has 3 aromatic carbocycles. The maximum Gasteiger partial charge on any atom is 0.416 e. The molecule has 2 atom stereocenters. The average Bonchev–Trinajstić information content (AvgIpc) is 2.90. The molecule has 0 aliphatic carbocycles. The van der Waals surface area contributed by atoms with E-state index in [9.17, 15) is 18.0 Å². The maximum absolute atomic E-state index is 13.0. The first-order valence-corrected chi connectivity index (χ1v) is 12.3. The van der Waals surface area contributed by atoms with Gasteiger partial charge in [-0.2, -0.15) is 13.2 Å². The van der Waals surface area contributed by atoms with Crippen LogP contribution in [0.5, 0.6) is 11.5 Å². The summed E-state index contributed by atoms with van der Waals surface area (Å²) in [5.74, 6) is 1.03. The average molecular weight is 515 g/mol. The summed E-state index contributed by atoms with van der Waals surface area (Å²) < 4.78 is 50.5. The van der Waals surface area contributed by atoms with Crippen LogP contribution < -0.4 is 20.1 Å². The van der Waals surface area contributed by atoms with Crippen molar-refractivity contribution in [1.82, 2.24) is 10.6 Å². The highest BCUT2D eigenvalue weighted by molar-refractivity contribution is 5.83. The molecule has 0 saturated heterocycles. The van der Waals surface area contributed by atoms with Crippen LogP contribution >= 0.6 is 0 Å². The monoisotopic (exact) mass is 514 g/mol. The zero-order valence-electron chi connectivity index (χ0n) is 21.3. The fourth-order valence-electron chi connectivity index (χ4n) is 4.12. The van der Waals surface area contributed by atoms with Crippen molar-refractivity contribution in [2.45, 2.75) is 44.9 Å². The first-order valence-electron chi connectivity index (χ1n) is 12.3. The van der Waals surface area contributed by atoms with Crippen LogP contribution in [0.1, 0.15) is 54.6 Å². The van der Waals surface area contributed by atoms with Crippen LogP contribution in [0.3, 0.4) is 0 Å². The molecule has 0 fully saturated rings. The number of rotatable bonds is 12. The van der Waals surface area contributed by atoms with Crippen LogP contribution in [0.4, 0.5) is 13.2 Å². The molecule has 3 rings (SSSR count). The normalized spacial score (nSPS) is 13.0. The van der Waals surface area contributed by atoms with Crippen molar-refractivity contribution in [3.8, 4) is 11.5 Å². The number of halogens is 3. The summed E-state index contributed by atoms with van der Waals surface area (Å²) in [7, 11) is 1.58. The smallest absolute Gasteiger partial charge is 0.416 e. The number of aryl methyl sites for hydroxylation is 1. The van der Waals surface area contributed by atoms with Gasteiger partial charge in [0.2, 0.25) is 5.91 Å². The Hall–Kier alpha value is -3.52. The molecule has 3 aromatic rings. The second-order valence-corrected chi connectivity index (χ2v) is 8.48. The third-order valence-corrected chi connectivity index (χ3v) is 5.98. The second-order valence-electron chi connectivity index (χ2n) is 8.48. The topological polar surface area (TPSA) is 59.6 Å². The molecular formula is C29H33F3N2O3. The highest BCUT2D eigenvalue weighted by Crippen LogP contribution is 2.34. The van der Waals surface area contributed by atoms with Crippen molar-refractivity contribution in [3.05, 3.63) is 95.1 Å². The molecule has 37 heavy (non-hydrogen) atoms. The molecule has 0 aliphatic heterocycles. The van der Waals surface area contributed by atoms with Crippen LogP contribution in [0.15, 0.2) is 72.8 Å². The Labute approximate surface area is 216 Å². The van der Waals surface area contributed by atoms with Gasteiger partial charge in [-0.25, -0.2) is 0 Å². The van der Waals surface area contributed by atoms with Gasteiger partial charge in [-0.3, -0.25) is 10.1 Å². The summed E-state index contributed by atoms with van der Waals surface area (Å²) in [5.41, 5.74) is 1.77. The molecule has 0 spiro atoms. The molecule has 1 amide bonds. The van der Waals surface area contributed by atoms with Crippen LogP contribution in [0, 0.1) is 0 Å². The van der Waals surface area contributed by atoms with Gasteiger partial charge in [0.1, 0.15) is 6.04 Å². The van der Waals surface area contributed by atoms with E-state index in [1.54, 1.807) is 7.05 Å². The van der Waals surface area contributed by atoms with E-state index in [4.69, 9.17) is 9.47 Å². The minimum Gasteiger partial charge on any atom is -0.490 e. The number of nitrogens with one attached hydrogen (secondary N) is 2. The zero-order chi connectivity index (χ0) is 26.8. The van der Waals surface area contributed by atoms with Gasteiger partial charge in [0.05, 0.1) is 18.8 Å². The van der Waals surface area contributed by atoms with Crippen LogP contribution in [0.25, 0.3) is 0 Å². The van der Waals surface area contributed by atoms with Gasteiger partial charge < -0.3 is 14.8 Å². The van der Waals surface area contributed by atoms with Crippen molar-refractivity contribution in [3.63, 3.8) is 0 Å². The minimum absolute atomic E-state index is 0.193. The number of likely N-dealkylation sites (N-methyl/N-ethyl adjacent to an activating group) is 1. The van der Waals surface area contributed by atoms with E-state index in [-0.39, 0.29) is 11.9 Å². The van der Waals surface area contributed by atoms with Crippen molar-refractivity contribution < 1.29 is 27.4 Å².